The van der Waals surface area contributed by atoms with Crippen LogP contribution in [0.2, 0.25) is 10.0 Å². The van der Waals surface area contributed by atoms with E-state index in [9.17, 15) is 4.79 Å². The quantitative estimate of drug-likeness (QED) is 0.481. The largest absolute Gasteiger partial charge is 0.441 e. The number of halogens is 2. The predicted octanol–water partition coefficient (Wildman–Crippen LogP) is 6.25. The monoisotopic (exact) mass is 428 g/mol. The van der Waals surface area contributed by atoms with Gasteiger partial charge in [-0.15, -0.1) is 0 Å². The van der Waals surface area contributed by atoms with E-state index >= 15 is 0 Å². The second kappa shape index (κ2) is 8.60. The highest BCUT2D eigenvalue weighted by Gasteiger charge is 2.30. The Labute approximate surface area is 180 Å². The number of likely N-dealkylation sites (tertiary alicyclic amines) is 1. The van der Waals surface area contributed by atoms with Crippen LogP contribution in [0.25, 0.3) is 11.3 Å². The van der Waals surface area contributed by atoms with Gasteiger partial charge in [0.1, 0.15) is 0 Å². The number of nitrogens with zero attached hydrogens (tertiary/aromatic N) is 2. The summed E-state index contributed by atoms with van der Waals surface area (Å²) in [6, 6.07) is 13.8. The summed E-state index contributed by atoms with van der Waals surface area (Å²) >= 11 is 12.2. The lowest BCUT2D eigenvalue weighted by molar-refractivity contribution is -0.132. The number of carbonyl (C=O) groups is 1. The van der Waals surface area contributed by atoms with E-state index in [1.807, 2.05) is 48.2 Å². The molecule has 0 saturated carbocycles. The van der Waals surface area contributed by atoms with Crippen LogP contribution in [-0.2, 0) is 11.2 Å². The van der Waals surface area contributed by atoms with Crippen molar-refractivity contribution in [3.05, 3.63) is 75.7 Å². The van der Waals surface area contributed by atoms with Gasteiger partial charge in [0.15, 0.2) is 11.7 Å². The number of carbonyl (C=O) groups excluding carboxylic acids is 1. The summed E-state index contributed by atoms with van der Waals surface area (Å²) in [6.45, 7) is 2.80. The molecule has 0 aliphatic carbocycles. The highest BCUT2D eigenvalue weighted by Crippen LogP contribution is 2.35. The second-order valence-electron chi connectivity index (χ2n) is 7.40. The zero-order chi connectivity index (χ0) is 20.4. The number of rotatable bonds is 5. The van der Waals surface area contributed by atoms with Crippen LogP contribution in [0.15, 0.2) is 53.1 Å². The first-order chi connectivity index (χ1) is 14.0. The van der Waals surface area contributed by atoms with Gasteiger partial charge in [0, 0.05) is 24.9 Å². The molecule has 1 unspecified atom stereocenters. The lowest BCUT2D eigenvalue weighted by Gasteiger charge is -2.25. The fourth-order valence-corrected chi connectivity index (χ4v) is 4.07. The van der Waals surface area contributed by atoms with Gasteiger partial charge in [0.25, 0.3) is 0 Å². The molecule has 2 heterocycles. The molecule has 2 aromatic carbocycles. The molecule has 4 nitrogen and oxygen atoms in total. The van der Waals surface area contributed by atoms with Gasteiger partial charge in [-0.25, -0.2) is 4.98 Å². The molecule has 1 atom stereocenters. The minimum atomic E-state index is 0.0462. The molecule has 3 aromatic rings. The fraction of sp³-hybridized carbons (Fsp3) is 0.304. The number of hydrogen-bond acceptors (Lipinski definition) is 3. The van der Waals surface area contributed by atoms with Crippen LogP contribution in [-0.4, -0.2) is 22.3 Å². The first-order valence-corrected chi connectivity index (χ1v) is 10.5. The smallest absolute Gasteiger partial charge is 0.223 e. The number of hydrogen-bond donors (Lipinski definition) is 0. The molecule has 29 heavy (non-hydrogen) atoms. The summed E-state index contributed by atoms with van der Waals surface area (Å²) in [5.41, 5.74) is 3.21. The van der Waals surface area contributed by atoms with Gasteiger partial charge in [-0.1, -0.05) is 59.1 Å². The highest BCUT2D eigenvalue weighted by molar-refractivity contribution is 6.42. The van der Waals surface area contributed by atoms with Gasteiger partial charge in [-0.05, 0) is 37.5 Å². The summed E-state index contributed by atoms with van der Waals surface area (Å²) in [4.78, 5) is 19.1. The lowest BCUT2D eigenvalue weighted by Crippen LogP contribution is -2.30. The molecular weight excluding hydrogens is 407 g/mol. The third kappa shape index (κ3) is 4.49. The second-order valence-corrected chi connectivity index (χ2v) is 8.22. The molecule has 6 heteroatoms. The zero-order valence-corrected chi connectivity index (χ0v) is 17.7. The Balaban J connectivity index is 1.40. The van der Waals surface area contributed by atoms with Crippen molar-refractivity contribution in [2.75, 3.05) is 6.54 Å². The molecule has 4 rings (SSSR count). The topological polar surface area (TPSA) is 46.3 Å². The summed E-state index contributed by atoms with van der Waals surface area (Å²) < 4.78 is 5.85. The SMILES string of the molecule is Cc1ccc(-c2cnc(CCC(=O)N3CCCC3c3ccc(Cl)c(Cl)c3)o2)cc1. The number of amides is 1. The molecule has 0 radical (unpaired) electrons. The van der Waals surface area contributed by atoms with Gasteiger partial charge in [-0.3, -0.25) is 4.79 Å². The van der Waals surface area contributed by atoms with Crippen LogP contribution in [0.4, 0.5) is 0 Å². The van der Waals surface area contributed by atoms with Crippen LogP contribution < -0.4 is 0 Å². The Morgan fingerprint density at radius 2 is 1.97 bits per heavy atom. The van der Waals surface area contributed by atoms with Crippen molar-refractivity contribution in [2.24, 2.45) is 0 Å². The van der Waals surface area contributed by atoms with E-state index in [2.05, 4.69) is 4.98 Å². The summed E-state index contributed by atoms with van der Waals surface area (Å²) in [6.07, 6.45) is 4.48. The van der Waals surface area contributed by atoms with Crippen molar-refractivity contribution in [2.45, 2.75) is 38.6 Å². The van der Waals surface area contributed by atoms with Gasteiger partial charge in [-0.2, -0.15) is 0 Å². The number of aryl methyl sites for hydroxylation is 2. The first-order valence-electron chi connectivity index (χ1n) is 9.77. The van der Waals surface area contributed by atoms with E-state index in [0.717, 1.165) is 36.3 Å². The van der Waals surface area contributed by atoms with Crippen molar-refractivity contribution in [1.29, 1.82) is 0 Å². The third-order valence-electron chi connectivity index (χ3n) is 5.34. The molecule has 1 aromatic heterocycles. The average molecular weight is 429 g/mol. The summed E-state index contributed by atoms with van der Waals surface area (Å²) in [5.74, 6) is 1.41. The molecule has 1 aliphatic heterocycles. The van der Waals surface area contributed by atoms with E-state index < -0.39 is 0 Å². The molecule has 1 saturated heterocycles. The normalized spacial score (nSPS) is 16.4. The minimum absolute atomic E-state index is 0.0462. The summed E-state index contributed by atoms with van der Waals surface area (Å²) in [7, 11) is 0. The van der Waals surface area contributed by atoms with Crippen LogP contribution in [0.3, 0.4) is 0 Å². The van der Waals surface area contributed by atoms with Gasteiger partial charge in [0.05, 0.1) is 22.3 Å². The molecule has 1 amide bonds. The highest BCUT2D eigenvalue weighted by atomic mass is 35.5. The maximum atomic E-state index is 12.9. The van der Waals surface area contributed by atoms with Crippen LogP contribution >= 0.6 is 23.2 Å². The number of oxazole rings is 1. The van der Waals surface area contributed by atoms with Crippen LogP contribution in [0, 0.1) is 6.92 Å². The minimum Gasteiger partial charge on any atom is -0.441 e. The maximum absolute atomic E-state index is 12.9. The van der Waals surface area contributed by atoms with Crippen molar-refractivity contribution in [3.8, 4) is 11.3 Å². The Morgan fingerprint density at radius 3 is 2.72 bits per heavy atom. The van der Waals surface area contributed by atoms with Gasteiger partial charge < -0.3 is 9.32 Å². The molecule has 0 spiro atoms. The van der Waals surface area contributed by atoms with E-state index in [-0.39, 0.29) is 11.9 Å². The zero-order valence-electron chi connectivity index (χ0n) is 16.2. The van der Waals surface area contributed by atoms with Crippen molar-refractivity contribution >= 4 is 29.1 Å². The van der Waals surface area contributed by atoms with E-state index in [1.165, 1.54) is 5.56 Å². The van der Waals surface area contributed by atoms with Gasteiger partial charge in [0.2, 0.25) is 5.91 Å². The molecule has 1 fully saturated rings. The van der Waals surface area contributed by atoms with Crippen molar-refractivity contribution in [3.63, 3.8) is 0 Å². The molecule has 150 valence electrons. The van der Waals surface area contributed by atoms with Crippen LogP contribution in [0.1, 0.15) is 42.3 Å². The summed E-state index contributed by atoms with van der Waals surface area (Å²) in [5, 5.41) is 1.05. The van der Waals surface area contributed by atoms with Crippen molar-refractivity contribution < 1.29 is 9.21 Å². The first kappa shape index (κ1) is 20.0. The Kier molecular flexibility index (Phi) is 5.93. The maximum Gasteiger partial charge on any atom is 0.223 e. The molecule has 1 aliphatic rings. The van der Waals surface area contributed by atoms with E-state index in [4.69, 9.17) is 27.6 Å². The van der Waals surface area contributed by atoms with Gasteiger partial charge >= 0.3 is 0 Å². The van der Waals surface area contributed by atoms with E-state index in [0.29, 0.717) is 28.8 Å². The number of benzene rings is 2. The third-order valence-corrected chi connectivity index (χ3v) is 6.08. The van der Waals surface area contributed by atoms with E-state index in [1.54, 1.807) is 12.3 Å². The number of aromatic nitrogens is 1. The molecule has 0 bridgehead atoms. The van der Waals surface area contributed by atoms with Crippen molar-refractivity contribution in [1.82, 2.24) is 9.88 Å². The van der Waals surface area contributed by atoms with Crippen LogP contribution in [0.5, 0.6) is 0 Å². The average Bonchev–Trinajstić information content (AvgIpc) is 3.38. The Morgan fingerprint density at radius 1 is 1.17 bits per heavy atom. The Bertz CT molecular complexity index is 1010. The standard InChI is InChI=1S/C23H22Cl2N2O2/c1-15-4-6-16(7-5-15)21-14-26-22(29-21)10-11-23(28)27-12-2-3-20(27)17-8-9-18(24)19(25)13-17/h4-9,13-14,20H,2-3,10-12H2,1H3. The Hall–Kier alpha value is -2.30. The predicted molar refractivity (Wildman–Crippen MR) is 115 cm³/mol. The lowest BCUT2D eigenvalue weighted by atomic mass is 10.0. The molecular formula is C23H22Cl2N2O2. The molecule has 0 N–H and O–H groups in total. The fourth-order valence-electron chi connectivity index (χ4n) is 3.77.